The average Bonchev–Trinajstić information content (AvgIpc) is 3.49. The summed E-state index contributed by atoms with van der Waals surface area (Å²) >= 11 is 0. The Morgan fingerprint density at radius 3 is 2.52 bits per heavy atom. The van der Waals surface area contributed by atoms with Crippen LogP contribution in [0.5, 0.6) is 0 Å². The summed E-state index contributed by atoms with van der Waals surface area (Å²) in [5.41, 5.74) is 2.18. The fourth-order valence-corrected chi connectivity index (χ4v) is 4.69. The molecule has 0 bridgehead atoms. The number of benzene rings is 1. The van der Waals surface area contributed by atoms with Gasteiger partial charge in [-0.25, -0.2) is 23.5 Å². The van der Waals surface area contributed by atoms with E-state index in [1.165, 1.54) is 10.9 Å². The summed E-state index contributed by atoms with van der Waals surface area (Å²) in [6, 6.07) is 10.1. The lowest BCUT2D eigenvalue weighted by atomic mass is 10.1. The predicted octanol–water partition coefficient (Wildman–Crippen LogP) is 3.65. The van der Waals surface area contributed by atoms with E-state index in [-0.39, 0.29) is 10.8 Å². The average molecular weight is 379 g/mol. The normalized spacial score (nSPS) is 15.9. The maximum absolute atomic E-state index is 12.9. The van der Waals surface area contributed by atoms with Crippen molar-refractivity contribution in [2.24, 2.45) is 0 Å². The molecule has 8 heteroatoms. The van der Waals surface area contributed by atoms with Crippen LogP contribution < -0.4 is 5.56 Å². The Hall–Kier alpha value is -3.18. The maximum atomic E-state index is 12.9. The second-order valence-corrected chi connectivity index (χ2v) is 8.90. The van der Waals surface area contributed by atoms with Gasteiger partial charge in [-0.1, -0.05) is 24.3 Å². The van der Waals surface area contributed by atoms with Gasteiger partial charge in [0, 0.05) is 17.1 Å². The number of aromatic amines is 1. The molecule has 3 aromatic rings. The molecule has 27 heavy (non-hydrogen) atoms. The summed E-state index contributed by atoms with van der Waals surface area (Å²) in [6.07, 6.45) is 3.06. The Bertz CT molecular complexity index is 1210. The number of nitrogens with one attached hydrogen (secondary N) is 2. The van der Waals surface area contributed by atoms with Gasteiger partial charge >= 0.3 is 0 Å². The van der Waals surface area contributed by atoms with Crippen molar-refractivity contribution in [2.75, 3.05) is 0 Å². The first kappa shape index (κ1) is 17.2. The monoisotopic (exact) mass is 379 g/mol. The number of aromatic nitrogens is 3. The first-order valence-corrected chi connectivity index (χ1v) is 10.1. The second-order valence-electron chi connectivity index (χ2n) is 6.56. The van der Waals surface area contributed by atoms with E-state index in [0.29, 0.717) is 27.7 Å². The van der Waals surface area contributed by atoms with Crippen LogP contribution in [0.2, 0.25) is 0 Å². The molecule has 1 fully saturated rings. The van der Waals surface area contributed by atoms with Crippen LogP contribution in [0.1, 0.15) is 18.5 Å². The molecule has 4 rings (SSSR count). The van der Waals surface area contributed by atoms with Gasteiger partial charge < -0.3 is 0 Å². The Morgan fingerprint density at radius 2 is 1.96 bits per heavy atom. The third kappa shape index (κ3) is 2.96. The third-order valence-electron chi connectivity index (χ3n) is 4.65. The van der Waals surface area contributed by atoms with Crippen molar-refractivity contribution < 1.29 is 4.21 Å². The third-order valence-corrected chi connectivity index (χ3v) is 7.00. The van der Waals surface area contributed by atoms with Gasteiger partial charge in [-0.2, -0.15) is 0 Å². The highest BCUT2D eigenvalue weighted by Crippen LogP contribution is 2.33. The maximum Gasteiger partial charge on any atom is 0.280 e. The van der Waals surface area contributed by atoms with Gasteiger partial charge in [-0.15, -0.1) is 0 Å². The van der Waals surface area contributed by atoms with Gasteiger partial charge in [-0.3, -0.25) is 9.89 Å². The molecule has 2 aromatic heterocycles. The van der Waals surface area contributed by atoms with Gasteiger partial charge in [-0.05, 0) is 37.5 Å². The molecule has 0 spiro atoms. The molecular formula is C19H17N5O2S. The van der Waals surface area contributed by atoms with Crippen LogP contribution in [0.25, 0.3) is 21.8 Å². The Labute approximate surface area is 156 Å². The Morgan fingerprint density at radius 1 is 1.26 bits per heavy atom. The highest BCUT2D eigenvalue weighted by atomic mass is 32.2. The van der Waals surface area contributed by atoms with Crippen LogP contribution in [0.4, 0.5) is 5.69 Å². The molecule has 0 saturated heterocycles. The molecule has 1 aliphatic rings. The van der Waals surface area contributed by atoms with E-state index < -0.39 is 9.73 Å². The Kier molecular flexibility index (Phi) is 3.97. The number of hydrogen-bond donors (Lipinski definition) is 2. The summed E-state index contributed by atoms with van der Waals surface area (Å²) < 4.78 is 21.9. The van der Waals surface area contributed by atoms with Crippen molar-refractivity contribution in [3.63, 3.8) is 0 Å². The molecule has 7 nitrogen and oxygen atoms in total. The molecule has 136 valence electrons. The number of hydrogen-bond acceptors (Lipinski definition) is 4. The molecule has 0 aliphatic heterocycles. The van der Waals surface area contributed by atoms with E-state index in [2.05, 4.69) is 14.9 Å². The summed E-state index contributed by atoms with van der Waals surface area (Å²) in [5.74, 6) is 0.377. The number of nitrogens with zero attached hydrogens (tertiary/aromatic N) is 3. The largest absolute Gasteiger partial charge is 0.293 e. The van der Waals surface area contributed by atoms with Gasteiger partial charge in [0.15, 0.2) is 11.5 Å². The lowest BCUT2D eigenvalue weighted by molar-refractivity contribution is 0.673. The molecule has 1 aliphatic carbocycles. The van der Waals surface area contributed by atoms with Gasteiger partial charge in [0.25, 0.3) is 5.56 Å². The summed E-state index contributed by atoms with van der Waals surface area (Å²) in [5, 5.41) is 2.93. The fraction of sp³-hybridized carbons (Fsp3) is 0.211. The quantitative estimate of drug-likeness (QED) is 0.677. The standard InChI is InChI=1S/C19H17N5O2S/c1-12-18(13-3-5-14(21-2)6-4-13)19(25)24(23-12)17-10-9-16(11-22-17)27(20,26)15-7-8-15/h3-6,9-11,15,20,23H,7-8H2,1H3/t27-/m0/s1. The summed E-state index contributed by atoms with van der Waals surface area (Å²) in [7, 11) is -2.81. The molecular weight excluding hydrogens is 362 g/mol. The van der Waals surface area contributed by atoms with Crippen molar-refractivity contribution in [1.29, 1.82) is 4.78 Å². The van der Waals surface area contributed by atoms with Crippen molar-refractivity contribution in [1.82, 2.24) is 14.8 Å². The zero-order valence-electron chi connectivity index (χ0n) is 14.6. The zero-order chi connectivity index (χ0) is 19.2. The minimum absolute atomic E-state index is 0.0781. The topological polar surface area (TPSA) is 96.0 Å². The molecule has 0 radical (unpaired) electrons. The van der Waals surface area contributed by atoms with Crippen LogP contribution in [-0.2, 0) is 9.73 Å². The molecule has 0 unspecified atom stereocenters. The van der Waals surface area contributed by atoms with Gasteiger partial charge in [0.05, 0.1) is 26.8 Å². The van der Waals surface area contributed by atoms with E-state index in [1.54, 1.807) is 43.3 Å². The minimum Gasteiger partial charge on any atom is -0.293 e. The van der Waals surface area contributed by atoms with Crippen molar-refractivity contribution in [3.05, 3.63) is 70.1 Å². The highest BCUT2D eigenvalue weighted by Gasteiger charge is 2.34. The summed E-state index contributed by atoms with van der Waals surface area (Å²) in [6.45, 7) is 8.82. The predicted molar refractivity (Wildman–Crippen MR) is 103 cm³/mol. The zero-order valence-corrected chi connectivity index (χ0v) is 15.4. The van der Waals surface area contributed by atoms with Crippen molar-refractivity contribution in [3.8, 4) is 16.9 Å². The van der Waals surface area contributed by atoms with Crippen LogP contribution >= 0.6 is 0 Å². The molecule has 1 aromatic carbocycles. The van der Waals surface area contributed by atoms with Crippen molar-refractivity contribution >= 4 is 15.4 Å². The molecule has 2 N–H and O–H groups in total. The van der Waals surface area contributed by atoms with Crippen LogP contribution in [0.15, 0.2) is 52.3 Å². The van der Waals surface area contributed by atoms with E-state index in [1.807, 2.05) is 0 Å². The Balaban J connectivity index is 1.73. The lowest BCUT2D eigenvalue weighted by Gasteiger charge is -2.06. The van der Waals surface area contributed by atoms with E-state index in [9.17, 15) is 9.00 Å². The molecule has 2 heterocycles. The smallest absolute Gasteiger partial charge is 0.280 e. The van der Waals surface area contributed by atoms with Gasteiger partial charge in [0.1, 0.15) is 0 Å². The van der Waals surface area contributed by atoms with Crippen molar-refractivity contribution in [2.45, 2.75) is 29.9 Å². The first-order chi connectivity index (χ1) is 12.9. The highest BCUT2D eigenvalue weighted by molar-refractivity contribution is 7.93. The molecule has 0 amide bonds. The summed E-state index contributed by atoms with van der Waals surface area (Å²) in [4.78, 5) is 20.9. The van der Waals surface area contributed by atoms with Gasteiger partial charge in [0.2, 0.25) is 0 Å². The van der Waals surface area contributed by atoms with E-state index in [0.717, 1.165) is 18.4 Å². The number of aryl methyl sites for hydroxylation is 1. The molecule has 1 saturated carbocycles. The van der Waals surface area contributed by atoms with Crippen LogP contribution in [0, 0.1) is 18.3 Å². The number of pyridine rings is 1. The minimum atomic E-state index is -2.81. The fourth-order valence-electron chi connectivity index (χ4n) is 3.03. The SMILES string of the molecule is [C-]#[N+]c1ccc(-c2c(C)[nH]n(-c3ccc([S@@](=N)(=O)C4CC4)cn3)c2=O)cc1. The van der Waals surface area contributed by atoms with Crippen LogP contribution in [-0.4, -0.2) is 24.2 Å². The molecule has 1 atom stereocenters. The second kappa shape index (κ2) is 6.21. The van der Waals surface area contributed by atoms with E-state index >= 15 is 0 Å². The van der Waals surface area contributed by atoms with E-state index in [4.69, 9.17) is 11.4 Å². The first-order valence-electron chi connectivity index (χ1n) is 8.45. The lowest BCUT2D eigenvalue weighted by Crippen LogP contribution is -2.17. The number of rotatable bonds is 4. The van der Waals surface area contributed by atoms with Crippen LogP contribution in [0.3, 0.4) is 0 Å². The number of H-pyrrole nitrogens is 1.